The maximum Gasteiger partial charge on any atom is 0.321 e. The molecule has 5 nitrogen and oxygen atoms in total. The van der Waals surface area contributed by atoms with Crippen molar-refractivity contribution < 1.29 is 19.4 Å². The Kier molecular flexibility index (Phi) is 6.60. The summed E-state index contributed by atoms with van der Waals surface area (Å²) < 4.78 is 6.23. The Hall–Kier alpha value is -1.15. The van der Waals surface area contributed by atoms with Crippen molar-refractivity contribution in [2.75, 3.05) is 6.54 Å². The van der Waals surface area contributed by atoms with Crippen LogP contribution in [0.1, 0.15) is 26.3 Å². The van der Waals surface area contributed by atoms with Gasteiger partial charge in [-0.25, -0.2) is 0 Å². The lowest BCUT2D eigenvalue weighted by Gasteiger charge is -2.21. The van der Waals surface area contributed by atoms with Crippen LogP contribution in [0.2, 0.25) is 0 Å². The van der Waals surface area contributed by atoms with Crippen LogP contribution in [0.4, 0.5) is 0 Å². The van der Waals surface area contributed by atoms with Gasteiger partial charge in [0.15, 0.2) is 0 Å². The van der Waals surface area contributed by atoms with Gasteiger partial charge in [0.05, 0.1) is 6.54 Å². The van der Waals surface area contributed by atoms with E-state index in [0.29, 0.717) is 6.42 Å². The van der Waals surface area contributed by atoms with Gasteiger partial charge in [0.2, 0.25) is 0 Å². The summed E-state index contributed by atoms with van der Waals surface area (Å²) in [7, 11) is 0. The summed E-state index contributed by atoms with van der Waals surface area (Å²) in [6.45, 7) is 5.18. The number of hydrogen-bond acceptors (Lipinski definition) is 4. The van der Waals surface area contributed by atoms with Crippen molar-refractivity contribution in [2.24, 2.45) is 0 Å². The molecule has 0 unspecified atom stereocenters. The zero-order chi connectivity index (χ0) is 16.0. The molecule has 0 aliphatic carbocycles. The number of benzene rings is 1. The highest BCUT2D eigenvalue weighted by molar-refractivity contribution is 14.1. The van der Waals surface area contributed by atoms with Crippen molar-refractivity contribution in [1.29, 1.82) is 0 Å². The van der Waals surface area contributed by atoms with E-state index in [2.05, 4.69) is 27.9 Å². The molecule has 0 saturated carbocycles. The molecule has 0 bridgehead atoms. The van der Waals surface area contributed by atoms with Crippen molar-refractivity contribution in [3.05, 3.63) is 33.4 Å². The van der Waals surface area contributed by atoms with E-state index in [1.165, 1.54) is 0 Å². The molecule has 21 heavy (non-hydrogen) atoms. The molecule has 0 aromatic heterocycles. The number of nitrogens with one attached hydrogen (secondary N) is 1. The Morgan fingerprint density at radius 3 is 2.33 bits per heavy atom. The molecule has 1 aromatic rings. The summed E-state index contributed by atoms with van der Waals surface area (Å²) in [5.74, 6) is -1.45. The highest BCUT2D eigenvalue weighted by Gasteiger charge is 2.21. The maximum absolute atomic E-state index is 11.6. The number of rotatable bonds is 6. The van der Waals surface area contributed by atoms with Crippen LogP contribution < -0.4 is 5.32 Å². The largest absolute Gasteiger partial charge is 0.480 e. The number of carboxylic acid groups (broad SMARTS) is 1. The van der Waals surface area contributed by atoms with E-state index < -0.39 is 23.6 Å². The molecule has 0 amide bonds. The third kappa shape index (κ3) is 7.42. The van der Waals surface area contributed by atoms with E-state index in [9.17, 15) is 14.7 Å². The van der Waals surface area contributed by atoms with Crippen molar-refractivity contribution in [2.45, 2.75) is 38.8 Å². The molecule has 0 fully saturated rings. The molecule has 0 radical (unpaired) electrons. The van der Waals surface area contributed by atoms with Gasteiger partial charge in [0.25, 0.3) is 0 Å². The summed E-state index contributed by atoms with van der Waals surface area (Å²) in [5.41, 5.74) is 0.327. The molecule has 116 valence electrons. The summed E-state index contributed by atoms with van der Waals surface area (Å²) in [6, 6.07) is 6.78. The van der Waals surface area contributed by atoms with Gasteiger partial charge in [-0.05, 0) is 67.5 Å². The van der Waals surface area contributed by atoms with Gasteiger partial charge in [-0.1, -0.05) is 12.1 Å². The average molecular weight is 405 g/mol. The number of carboxylic acids is 1. The molecule has 0 spiro atoms. The third-order valence-corrected chi connectivity index (χ3v) is 3.28. The van der Waals surface area contributed by atoms with Crippen molar-refractivity contribution in [3.63, 3.8) is 0 Å². The van der Waals surface area contributed by atoms with Crippen molar-refractivity contribution in [1.82, 2.24) is 5.32 Å². The second kappa shape index (κ2) is 7.74. The highest BCUT2D eigenvalue weighted by atomic mass is 127. The van der Waals surface area contributed by atoms with Gasteiger partial charge in [-0.3, -0.25) is 14.9 Å². The first-order valence-electron chi connectivity index (χ1n) is 6.60. The van der Waals surface area contributed by atoms with Gasteiger partial charge in [0.1, 0.15) is 11.6 Å². The summed E-state index contributed by atoms with van der Waals surface area (Å²) >= 11 is 2.19. The summed E-state index contributed by atoms with van der Waals surface area (Å²) in [6.07, 6.45) is 0.315. The fraction of sp³-hybridized carbons (Fsp3) is 0.467. The average Bonchev–Trinajstić information content (AvgIpc) is 2.34. The van der Waals surface area contributed by atoms with Crippen LogP contribution >= 0.6 is 22.6 Å². The molecule has 6 heteroatoms. The maximum atomic E-state index is 11.6. The Bertz CT molecular complexity index is 493. The molecule has 1 atom stereocenters. The SMILES string of the molecule is CC(C)(C)OC(=O)CN[C@@H](Cc1ccc(I)cc1)C(=O)O. The van der Waals surface area contributed by atoms with Crippen LogP contribution in [0.15, 0.2) is 24.3 Å². The van der Waals surface area contributed by atoms with Gasteiger partial charge in [0, 0.05) is 3.57 Å². The first-order valence-corrected chi connectivity index (χ1v) is 7.68. The Morgan fingerprint density at radius 1 is 1.29 bits per heavy atom. The van der Waals surface area contributed by atoms with E-state index >= 15 is 0 Å². The van der Waals surface area contributed by atoms with E-state index in [1.54, 1.807) is 20.8 Å². The van der Waals surface area contributed by atoms with Crippen LogP contribution in [-0.4, -0.2) is 35.2 Å². The third-order valence-electron chi connectivity index (χ3n) is 2.56. The standard InChI is InChI=1S/C15H20INO4/c1-15(2,3)21-13(18)9-17-12(14(19)20)8-10-4-6-11(16)7-5-10/h4-7,12,17H,8-9H2,1-3H3,(H,19,20)/t12-/m0/s1. The number of halogens is 1. The molecular formula is C15H20INO4. The molecule has 1 rings (SSSR count). The topological polar surface area (TPSA) is 75.6 Å². The first-order chi connectivity index (χ1) is 9.67. The molecule has 0 aliphatic rings. The number of hydrogen-bond donors (Lipinski definition) is 2. The lowest BCUT2D eigenvalue weighted by molar-refractivity contribution is -0.154. The van der Waals surface area contributed by atoms with E-state index in [1.807, 2.05) is 24.3 Å². The number of esters is 1. The monoisotopic (exact) mass is 405 g/mol. The number of carbonyl (C=O) groups is 2. The second-order valence-corrected chi connectivity index (χ2v) is 6.93. The minimum Gasteiger partial charge on any atom is -0.480 e. The molecule has 1 aromatic carbocycles. The predicted octanol–water partition coefficient (Wildman–Crippen LogP) is 2.22. The highest BCUT2D eigenvalue weighted by Crippen LogP contribution is 2.10. The first kappa shape index (κ1) is 17.9. The van der Waals surface area contributed by atoms with Crippen LogP contribution in [0.5, 0.6) is 0 Å². The van der Waals surface area contributed by atoms with E-state index in [4.69, 9.17) is 4.74 Å². The molecule has 0 aliphatic heterocycles. The lowest BCUT2D eigenvalue weighted by atomic mass is 10.1. The summed E-state index contributed by atoms with van der Waals surface area (Å²) in [4.78, 5) is 22.9. The zero-order valence-electron chi connectivity index (χ0n) is 12.4. The lowest BCUT2D eigenvalue weighted by Crippen LogP contribution is -2.42. The van der Waals surface area contributed by atoms with Crippen molar-refractivity contribution >= 4 is 34.5 Å². The molecule has 2 N–H and O–H groups in total. The predicted molar refractivity (Wildman–Crippen MR) is 88.1 cm³/mol. The zero-order valence-corrected chi connectivity index (χ0v) is 14.5. The van der Waals surface area contributed by atoms with Gasteiger partial charge >= 0.3 is 11.9 Å². The van der Waals surface area contributed by atoms with Gasteiger partial charge in [-0.15, -0.1) is 0 Å². The van der Waals surface area contributed by atoms with Crippen LogP contribution in [0.25, 0.3) is 0 Å². The molecular weight excluding hydrogens is 385 g/mol. The fourth-order valence-corrected chi connectivity index (χ4v) is 2.05. The smallest absolute Gasteiger partial charge is 0.321 e. The summed E-state index contributed by atoms with van der Waals surface area (Å²) in [5, 5.41) is 11.9. The van der Waals surface area contributed by atoms with Gasteiger partial charge < -0.3 is 9.84 Å². The normalized spacial score (nSPS) is 12.8. The quantitative estimate of drug-likeness (QED) is 0.561. The Morgan fingerprint density at radius 2 is 1.86 bits per heavy atom. The van der Waals surface area contributed by atoms with E-state index in [-0.39, 0.29) is 6.54 Å². The van der Waals surface area contributed by atoms with Crippen LogP contribution in [0.3, 0.4) is 0 Å². The van der Waals surface area contributed by atoms with Gasteiger partial charge in [-0.2, -0.15) is 0 Å². The molecule has 0 saturated heterocycles. The van der Waals surface area contributed by atoms with Crippen molar-refractivity contribution in [3.8, 4) is 0 Å². The Labute approximate surface area is 138 Å². The number of carbonyl (C=O) groups excluding carboxylic acids is 1. The number of ether oxygens (including phenoxy) is 1. The fourth-order valence-electron chi connectivity index (χ4n) is 1.69. The Balaban J connectivity index is 2.56. The minimum atomic E-state index is -0.989. The minimum absolute atomic E-state index is 0.126. The van der Waals surface area contributed by atoms with Crippen LogP contribution in [0, 0.1) is 3.57 Å². The van der Waals surface area contributed by atoms with E-state index in [0.717, 1.165) is 9.13 Å². The molecule has 0 heterocycles. The van der Waals surface area contributed by atoms with Crippen LogP contribution in [-0.2, 0) is 20.7 Å². The second-order valence-electron chi connectivity index (χ2n) is 5.69. The number of aliphatic carboxylic acids is 1.